The van der Waals surface area contributed by atoms with E-state index < -0.39 is 9.84 Å². The van der Waals surface area contributed by atoms with Gasteiger partial charge >= 0.3 is 0 Å². The summed E-state index contributed by atoms with van der Waals surface area (Å²) >= 11 is 5.93. The molecule has 0 fully saturated rings. The molecule has 0 spiro atoms. The number of hydrogen-bond acceptors (Lipinski definition) is 3. The fourth-order valence-electron chi connectivity index (χ4n) is 1.72. The third kappa shape index (κ3) is 9.47. The molecule has 126 valence electrons. The number of benzene rings is 1. The first-order valence-electron chi connectivity index (χ1n) is 6.69. The van der Waals surface area contributed by atoms with Gasteiger partial charge in [0.05, 0.1) is 5.75 Å². The van der Waals surface area contributed by atoms with Crippen molar-refractivity contribution in [2.45, 2.75) is 25.9 Å². The molecule has 1 atom stereocenters. The maximum absolute atomic E-state index is 11.1. The van der Waals surface area contributed by atoms with E-state index in [-0.39, 0.29) is 35.8 Å². The van der Waals surface area contributed by atoms with Crippen molar-refractivity contribution in [2.75, 3.05) is 19.1 Å². The lowest BCUT2D eigenvalue weighted by molar-refractivity contribution is 0.581. The van der Waals surface area contributed by atoms with Gasteiger partial charge in [0.25, 0.3) is 0 Å². The Bertz CT molecular complexity index is 594. The maximum Gasteiger partial charge on any atom is 0.191 e. The first-order valence-corrected chi connectivity index (χ1v) is 9.13. The van der Waals surface area contributed by atoms with Gasteiger partial charge in [-0.25, -0.2) is 8.42 Å². The molecule has 5 nitrogen and oxygen atoms in total. The van der Waals surface area contributed by atoms with Gasteiger partial charge in [-0.2, -0.15) is 0 Å². The zero-order valence-electron chi connectivity index (χ0n) is 13.0. The maximum atomic E-state index is 11.1. The Labute approximate surface area is 154 Å². The molecular weight excluding hydrogens is 437 g/mol. The molecule has 22 heavy (non-hydrogen) atoms. The molecule has 0 bridgehead atoms. The highest BCUT2D eigenvalue weighted by Crippen LogP contribution is 2.10. The van der Waals surface area contributed by atoms with E-state index in [9.17, 15) is 8.42 Å². The topological polar surface area (TPSA) is 70.6 Å². The molecule has 1 rings (SSSR count). The van der Waals surface area contributed by atoms with Gasteiger partial charge in [0.1, 0.15) is 9.84 Å². The van der Waals surface area contributed by atoms with Crippen molar-refractivity contribution < 1.29 is 8.42 Å². The largest absolute Gasteiger partial charge is 0.354 e. The first kappa shape index (κ1) is 21.5. The summed E-state index contributed by atoms with van der Waals surface area (Å²) in [6, 6.07) is 7.59. The standard InChI is InChI=1S/C14H22ClN3O2S.HI/c1-11(7-8-21(3,19)20)18-14(16-2)17-10-12-5-4-6-13(15)9-12;/h4-6,9,11H,7-8,10H2,1-3H3,(H2,16,17,18);1H. The number of nitrogens with zero attached hydrogens (tertiary/aromatic N) is 1. The van der Waals surface area contributed by atoms with Crippen molar-refractivity contribution in [3.63, 3.8) is 0 Å². The number of halogens is 2. The molecule has 0 amide bonds. The average Bonchev–Trinajstić information content (AvgIpc) is 2.40. The molecule has 0 saturated carbocycles. The minimum atomic E-state index is -2.94. The number of aliphatic imine (C=N–C) groups is 1. The van der Waals surface area contributed by atoms with Crippen LogP contribution in [0.1, 0.15) is 18.9 Å². The van der Waals surface area contributed by atoms with Gasteiger partial charge in [-0.3, -0.25) is 4.99 Å². The van der Waals surface area contributed by atoms with Crippen LogP contribution in [-0.2, 0) is 16.4 Å². The van der Waals surface area contributed by atoms with Crippen molar-refractivity contribution in [1.82, 2.24) is 10.6 Å². The van der Waals surface area contributed by atoms with E-state index in [1.165, 1.54) is 6.26 Å². The fourth-order valence-corrected chi connectivity index (χ4v) is 2.72. The molecule has 0 aliphatic rings. The first-order chi connectivity index (χ1) is 9.80. The van der Waals surface area contributed by atoms with Crippen LogP contribution >= 0.6 is 35.6 Å². The Morgan fingerprint density at radius 3 is 2.64 bits per heavy atom. The lowest BCUT2D eigenvalue weighted by atomic mass is 10.2. The second-order valence-corrected chi connectivity index (χ2v) is 7.72. The second-order valence-electron chi connectivity index (χ2n) is 5.02. The van der Waals surface area contributed by atoms with Crippen LogP contribution in [0, 0.1) is 0 Å². The van der Waals surface area contributed by atoms with Crippen LogP contribution < -0.4 is 10.6 Å². The lowest BCUT2D eigenvalue weighted by Gasteiger charge is -2.17. The van der Waals surface area contributed by atoms with Gasteiger partial charge < -0.3 is 10.6 Å². The quantitative estimate of drug-likeness (QED) is 0.389. The Morgan fingerprint density at radius 1 is 1.41 bits per heavy atom. The minimum absolute atomic E-state index is 0. The zero-order valence-corrected chi connectivity index (χ0v) is 16.9. The summed E-state index contributed by atoms with van der Waals surface area (Å²) in [4.78, 5) is 4.12. The van der Waals surface area contributed by atoms with Crippen molar-refractivity contribution in [3.8, 4) is 0 Å². The molecule has 1 aromatic rings. The Hall–Kier alpha value is -0.540. The third-order valence-corrected chi connectivity index (χ3v) is 4.09. The van der Waals surface area contributed by atoms with Crippen LogP contribution in [0.2, 0.25) is 5.02 Å². The van der Waals surface area contributed by atoms with Crippen molar-refractivity contribution >= 4 is 51.4 Å². The SMILES string of the molecule is CN=C(NCc1cccc(Cl)c1)NC(C)CCS(C)(=O)=O.I. The molecule has 2 N–H and O–H groups in total. The molecule has 0 aliphatic carbocycles. The van der Waals surface area contributed by atoms with Gasteiger partial charge in [-0.15, -0.1) is 24.0 Å². The molecule has 8 heteroatoms. The number of nitrogens with one attached hydrogen (secondary N) is 2. The molecule has 0 aromatic heterocycles. The van der Waals surface area contributed by atoms with E-state index in [0.717, 1.165) is 5.56 Å². The summed E-state index contributed by atoms with van der Waals surface area (Å²) in [5.74, 6) is 0.794. The molecule has 0 aliphatic heterocycles. The molecule has 1 aromatic carbocycles. The normalized spacial score (nSPS) is 13.2. The van der Waals surface area contributed by atoms with Gasteiger partial charge in [-0.1, -0.05) is 23.7 Å². The molecule has 0 radical (unpaired) electrons. The number of hydrogen-bond donors (Lipinski definition) is 2. The summed E-state index contributed by atoms with van der Waals surface area (Å²) in [5, 5.41) is 7.03. The Morgan fingerprint density at radius 2 is 2.09 bits per heavy atom. The molecule has 0 heterocycles. The van der Waals surface area contributed by atoms with Gasteiger partial charge in [0.2, 0.25) is 0 Å². The predicted molar refractivity (Wildman–Crippen MR) is 104 cm³/mol. The van der Waals surface area contributed by atoms with Crippen LogP contribution in [0.5, 0.6) is 0 Å². The highest BCUT2D eigenvalue weighted by atomic mass is 127. The average molecular weight is 460 g/mol. The summed E-state index contributed by atoms with van der Waals surface area (Å²) in [6.07, 6.45) is 1.78. The number of rotatable bonds is 6. The van der Waals surface area contributed by atoms with E-state index in [4.69, 9.17) is 11.6 Å². The zero-order chi connectivity index (χ0) is 15.9. The highest BCUT2D eigenvalue weighted by molar-refractivity contribution is 14.0. The van der Waals surface area contributed by atoms with Crippen LogP contribution in [0.25, 0.3) is 0 Å². The monoisotopic (exact) mass is 459 g/mol. The second kappa shape index (κ2) is 10.3. The molecule has 0 saturated heterocycles. The summed E-state index contributed by atoms with van der Waals surface area (Å²) in [5.41, 5.74) is 1.05. The van der Waals surface area contributed by atoms with Crippen molar-refractivity contribution in [1.29, 1.82) is 0 Å². The van der Waals surface area contributed by atoms with Gasteiger partial charge in [0, 0.05) is 30.9 Å². The highest BCUT2D eigenvalue weighted by Gasteiger charge is 2.09. The van der Waals surface area contributed by atoms with Crippen LogP contribution in [0.3, 0.4) is 0 Å². The predicted octanol–water partition coefficient (Wildman–Crippen LogP) is 2.45. The van der Waals surface area contributed by atoms with E-state index in [0.29, 0.717) is 23.9 Å². The van der Waals surface area contributed by atoms with Crippen LogP contribution in [0.15, 0.2) is 29.3 Å². The van der Waals surface area contributed by atoms with E-state index in [1.807, 2.05) is 31.2 Å². The number of guanidine groups is 1. The van der Waals surface area contributed by atoms with E-state index in [1.54, 1.807) is 7.05 Å². The van der Waals surface area contributed by atoms with E-state index in [2.05, 4.69) is 15.6 Å². The fraction of sp³-hybridized carbons (Fsp3) is 0.500. The number of sulfone groups is 1. The Kier molecular flexibility index (Phi) is 10.0. The van der Waals surface area contributed by atoms with Gasteiger partial charge in [-0.05, 0) is 31.0 Å². The minimum Gasteiger partial charge on any atom is -0.354 e. The van der Waals surface area contributed by atoms with Crippen molar-refractivity contribution in [3.05, 3.63) is 34.9 Å². The Balaban J connectivity index is 0.00000441. The third-order valence-electron chi connectivity index (χ3n) is 2.88. The van der Waals surface area contributed by atoms with Gasteiger partial charge in [0.15, 0.2) is 5.96 Å². The van der Waals surface area contributed by atoms with Crippen LogP contribution in [0.4, 0.5) is 0 Å². The molecule has 1 unspecified atom stereocenters. The molecular formula is C14H23ClIN3O2S. The smallest absolute Gasteiger partial charge is 0.191 e. The van der Waals surface area contributed by atoms with Crippen molar-refractivity contribution in [2.24, 2.45) is 4.99 Å². The summed E-state index contributed by atoms with van der Waals surface area (Å²) < 4.78 is 22.3. The summed E-state index contributed by atoms with van der Waals surface area (Å²) in [7, 11) is -1.26. The van der Waals surface area contributed by atoms with E-state index >= 15 is 0 Å². The summed E-state index contributed by atoms with van der Waals surface area (Å²) in [6.45, 7) is 2.52. The van der Waals surface area contributed by atoms with Crippen LogP contribution in [-0.4, -0.2) is 39.5 Å². The lowest BCUT2D eigenvalue weighted by Crippen LogP contribution is -2.42.